The van der Waals surface area contributed by atoms with Gasteiger partial charge in [0.15, 0.2) is 5.82 Å². The number of anilines is 1. The van der Waals surface area contributed by atoms with Gasteiger partial charge in [-0.05, 0) is 50.2 Å². The molecule has 3 heterocycles. The number of rotatable bonds is 5. The molecule has 4 rings (SSSR count). The number of benzene rings is 1. The maximum absolute atomic E-state index is 12.9. The van der Waals surface area contributed by atoms with Crippen molar-refractivity contribution in [3.05, 3.63) is 42.2 Å². The molecule has 0 saturated carbocycles. The van der Waals surface area contributed by atoms with Gasteiger partial charge in [-0.2, -0.15) is 13.2 Å². The molecule has 1 aliphatic heterocycles. The number of hydrogen-bond donors (Lipinski definition) is 3. The maximum atomic E-state index is 12.9. The van der Waals surface area contributed by atoms with E-state index in [4.69, 9.17) is 9.90 Å². The normalized spacial score (nSPS) is 16.3. The van der Waals surface area contributed by atoms with E-state index < -0.39 is 17.5 Å². The van der Waals surface area contributed by atoms with Gasteiger partial charge in [-0.25, -0.2) is 0 Å². The zero-order chi connectivity index (χ0) is 24.0. The molecule has 33 heavy (non-hydrogen) atoms. The molecule has 11 heteroatoms. The summed E-state index contributed by atoms with van der Waals surface area (Å²) in [6.07, 6.45) is 0.966. The lowest BCUT2D eigenvalue weighted by molar-refractivity contribution is -0.137. The van der Waals surface area contributed by atoms with E-state index in [-0.39, 0.29) is 12.0 Å². The standard InChI is InChI=1S/C21H22F3N5O.CH2O2/c1-2-29-9-3-4-14(29)11-26-20-17-12-25-8-7-15(17)19(27-28-20)16-6-5-13(10-18(16)30)21(22,23)24;2-1-3/h5-8,10,12,14,30H,2-4,9,11H2,1H3,(H,26,28);1H,(H,2,3)/t14-;/m0./s1. The Morgan fingerprint density at radius 2 is 2.00 bits per heavy atom. The molecule has 0 amide bonds. The maximum Gasteiger partial charge on any atom is 0.416 e. The van der Waals surface area contributed by atoms with Gasteiger partial charge >= 0.3 is 6.18 Å². The van der Waals surface area contributed by atoms with Crippen LogP contribution in [0.4, 0.5) is 19.0 Å². The van der Waals surface area contributed by atoms with E-state index in [1.165, 1.54) is 12.5 Å². The lowest BCUT2D eigenvalue weighted by Crippen LogP contribution is -2.34. The van der Waals surface area contributed by atoms with Gasteiger partial charge in [0.1, 0.15) is 11.4 Å². The Morgan fingerprint density at radius 3 is 2.67 bits per heavy atom. The van der Waals surface area contributed by atoms with Gasteiger partial charge in [0, 0.05) is 41.3 Å². The first-order valence-electron chi connectivity index (χ1n) is 10.4. The number of likely N-dealkylation sites (tertiary alicyclic amines) is 1. The van der Waals surface area contributed by atoms with Gasteiger partial charge in [-0.15, -0.1) is 10.2 Å². The number of aromatic nitrogens is 3. The number of carboxylic acid groups (broad SMARTS) is 1. The number of pyridine rings is 1. The van der Waals surface area contributed by atoms with Crippen LogP contribution in [0.5, 0.6) is 5.75 Å². The third-order valence-electron chi connectivity index (χ3n) is 5.57. The van der Waals surface area contributed by atoms with Crippen molar-refractivity contribution < 1.29 is 28.2 Å². The lowest BCUT2D eigenvalue weighted by Gasteiger charge is -2.23. The number of phenols is 1. The fourth-order valence-corrected chi connectivity index (χ4v) is 3.99. The highest BCUT2D eigenvalue weighted by atomic mass is 19.4. The molecular formula is C22H24F3N5O3. The molecule has 0 bridgehead atoms. The first-order valence-corrected chi connectivity index (χ1v) is 10.4. The van der Waals surface area contributed by atoms with E-state index in [9.17, 15) is 18.3 Å². The Morgan fingerprint density at radius 1 is 1.24 bits per heavy atom. The number of carbonyl (C=O) groups is 1. The number of likely N-dealkylation sites (N-methyl/N-ethyl adjacent to an activating group) is 1. The van der Waals surface area contributed by atoms with Crippen LogP contribution < -0.4 is 5.32 Å². The van der Waals surface area contributed by atoms with E-state index in [1.807, 2.05) is 0 Å². The number of halogens is 3. The molecule has 0 aliphatic carbocycles. The molecule has 1 aliphatic rings. The number of nitrogens with one attached hydrogen (secondary N) is 1. The van der Waals surface area contributed by atoms with Crippen molar-refractivity contribution in [2.45, 2.75) is 32.0 Å². The molecule has 1 saturated heterocycles. The molecule has 1 atom stereocenters. The van der Waals surface area contributed by atoms with Crippen molar-refractivity contribution in [2.24, 2.45) is 0 Å². The summed E-state index contributed by atoms with van der Waals surface area (Å²) in [5.41, 5.74) is -0.426. The van der Waals surface area contributed by atoms with Gasteiger partial charge in [-0.1, -0.05) is 6.92 Å². The predicted octanol–water partition coefficient (Wildman–Crippen LogP) is 4.01. The summed E-state index contributed by atoms with van der Waals surface area (Å²) in [7, 11) is 0. The predicted molar refractivity (Wildman–Crippen MR) is 117 cm³/mol. The summed E-state index contributed by atoms with van der Waals surface area (Å²) >= 11 is 0. The molecule has 1 aromatic carbocycles. The molecule has 3 N–H and O–H groups in total. The van der Waals surface area contributed by atoms with E-state index in [1.54, 1.807) is 18.5 Å². The van der Waals surface area contributed by atoms with Gasteiger partial charge in [-0.3, -0.25) is 14.7 Å². The molecule has 0 spiro atoms. The Balaban J connectivity index is 0.000000968. The molecule has 1 fully saturated rings. The van der Waals surface area contributed by atoms with Crippen LogP contribution >= 0.6 is 0 Å². The minimum atomic E-state index is -4.53. The smallest absolute Gasteiger partial charge is 0.416 e. The highest BCUT2D eigenvalue weighted by Crippen LogP contribution is 2.38. The van der Waals surface area contributed by atoms with Crippen molar-refractivity contribution in [1.29, 1.82) is 0 Å². The van der Waals surface area contributed by atoms with Crippen molar-refractivity contribution in [2.75, 3.05) is 25.0 Å². The summed E-state index contributed by atoms with van der Waals surface area (Å²) in [5.74, 6) is 0.0682. The molecule has 0 radical (unpaired) electrons. The van der Waals surface area contributed by atoms with Crippen molar-refractivity contribution in [3.8, 4) is 17.0 Å². The minimum absolute atomic E-state index is 0.186. The summed E-state index contributed by atoms with van der Waals surface area (Å²) in [5, 5.41) is 30.3. The highest BCUT2D eigenvalue weighted by Gasteiger charge is 2.31. The van der Waals surface area contributed by atoms with Crippen LogP contribution in [0.3, 0.4) is 0 Å². The molecule has 8 nitrogen and oxygen atoms in total. The second kappa shape index (κ2) is 10.4. The molecule has 0 unspecified atom stereocenters. The van der Waals surface area contributed by atoms with Crippen LogP contribution in [0, 0.1) is 0 Å². The molecular weight excluding hydrogens is 439 g/mol. The van der Waals surface area contributed by atoms with Gasteiger partial charge in [0.2, 0.25) is 0 Å². The average Bonchev–Trinajstić information content (AvgIpc) is 3.25. The average molecular weight is 463 g/mol. The molecule has 176 valence electrons. The second-order valence-electron chi connectivity index (χ2n) is 7.46. The Kier molecular flexibility index (Phi) is 7.64. The molecule has 2 aromatic heterocycles. The minimum Gasteiger partial charge on any atom is -0.507 e. The number of fused-ring (bicyclic) bond motifs is 1. The van der Waals surface area contributed by atoms with Gasteiger partial charge in [0.25, 0.3) is 6.47 Å². The number of hydrogen-bond acceptors (Lipinski definition) is 7. The van der Waals surface area contributed by atoms with Gasteiger partial charge < -0.3 is 15.5 Å². The summed E-state index contributed by atoms with van der Waals surface area (Å²) in [6, 6.07) is 4.98. The van der Waals surface area contributed by atoms with E-state index in [0.717, 1.165) is 32.1 Å². The quantitative estimate of drug-likeness (QED) is 0.487. The number of nitrogens with zero attached hydrogens (tertiary/aromatic N) is 4. The SMILES string of the molecule is CCN1CCC[C@H]1CNc1nnc(-c2ccc(C(F)(F)F)cc2O)c2ccncc12.O=CO. The zero-order valence-electron chi connectivity index (χ0n) is 17.9. The Labute approximate surface area is 188 Å². The first kappa shape index (κ1) is 24.2. The Hall–Kier alpha value is -3.47. The summed E-state index contributed by atoms with van der Waals surface area (Å²) in [6.45, 7) is 4.69. The van der Waals surface area contributed by atoms with Crippen LogP contribution in [-0.4, -0.2) is 62.4 Å². The number of alkyl halides is 3. The van der Waals surface area contributed by atoms with Crippen molar-refractivity contribution in [1.82, 2.24) is 20.1 Å². The van der Waals surface area contributed by atoms with Crippen molar-refractivity contribution in [3.63, 3.8) is 0 Å². The first-order chi connectivity index (χ1) is 15.8. The highest BCUT2D eigenvalue weighted by molar-refractivity contribution is 6.00. The van der Waals surface area contributed by atoms with E-state index in [0.29, 0.717) is 34.4 Å². The van der Waals surface area contributed by atoms with Crippen LogP contribution in [-0.2, 0) is 11.0 Å². The summed E-state index contributed by atoms with van der Waals surface area (Å²) in [4.78, 5) is 14.9. The monoisotopic (exact) mass is 463 g/mol. The second-order valence-corrected chi connectivity index (χ2v) is 7.46. The molecule has 3 aromatic rings. The Bertz CT molecular complexity index is 1110. The fourth-order valence-electron chi connectivity index (χ4n) is 3.99. The zero-order valence-corrected chi connectivity index (χ0v) is 17.9. The van der Waals surface area contributed by atoms with Crippen LogP contribution in [0.25, 0.3) is 22.0 Å². The largest absolute Gasteiger partial charge is 0.507 e. The van der Waals surface area contributed by atoms with Crippen LogP contribution in [0.15, 0.2) is 36.7 Å². The van der Waals surface area contributed by atoms with Crippen molar-refractivity contribution >= 4 is 23.1 Å². The third-order valence-corrected chi connectivity index (χ3v) is 5.57. The number of phenolic OH excluding ortho intramolecular Hbond substituents is 1. The van der Waals surface area contributed by atoms with E-state index in [2.05, 4.69) is 32.3 Å². The number of aromatic hydroxyl groups is 1. The summed E-state index contributed by atoms with van der Waals surface area (Å²) < 4.78 is 38.7. The fraction of sp³-hybridized carbons (Fsp3) is 0.364. The lowest BCUT2D eigenvalue weighted by atomic mass is 10.0. The van der Waals surface area contributed by atoms with Crippen LogP contribution in [0.2, 0.25) is 0 Å². The van der Waals surface area contributed by atoms with Crippen LogP contribution in [0.1, 0.15) is 25.3 Å². The third kappa shape index (κ3) is 5.48. The topological polar surface area (TPSA) is 111 Å². The van der Waals surface area contributed by atoms with E-state index >= 15 is 0 Å². The van der Waals surface area contributed by atoms with Gasteiger partial charge in [0.05, 0.1) is 5.56 Å².